The van der Waals surface area contributed by atoms with Gasteiger partial charge in [-0.05, 0) is 37.0 Å². The summed E-state index contributed by atoms with van der Waals surface area (Å²) in [5.41, 5.74) is 2.20. The molecule has 0 aliphatic heterocycles. The summed E-state index contributed by atoms with van der Waals surface area (Å²) in [6.07, 6.45) is 5.87. The molecule has 1 aromatic carbocycles. The minimum Gasteiger partial charge on any atom is -0.478 e. The van der Waals surface area contributed by atoms with Gasteiger partial charge in [0, 0.05) is 17.2 Å². The molecule has 0 fully saturated rings. The van der Waals surface area contributed by atoms with E-state index in [2.05, 4.69) is 25.8 Å². The van der Waals surface area contributed by atoms with Crippen LogP contribution in [0.25, 0.3) is 11.1 Å². The highest BCUT2D eigenvalue weighted by Crippen LogP contribution is 2.33. The molecule has 1 aromatic heterocycles. The van der Waals surface area contributed by atoms with Crippen LogP contribution in [0, 0.1) is 5.82 Å². The first-order valence-electron chi connectivity index (χ1n) is 9.75. The average molecular weight is 359 g/mol. The molecule has 0 aliphatic rings. The molecule has 3 nitrogen and oxygen atoms in total. The molecule has 0 aliphatic carbocycles. The molecule has 1 heterocycles. The summed E-state index contributed by atoms with van der Waals surface area (Å²) in [5.74, 6) is 0.726. The summed E-state index contributed by atoms with van der Waals surface area (Å²) in [4.78, 5) is 4.48. The number of hydrogen-bond acceptors (Lipinski definition) is 3. The van der Waals surface area contributed by atoms with Crippen molar-refractivity contribution in [2.24, 2.45) is 0 Å². The van der Waals surface area contributed by atoms with Crippen molar-refractivity contribution in [3.05, 3.63) is 41.7 Å². The second-order valence-electron chi connectivity index (χ2n) is 6.47. The van der Waals surface area contributed by atoms with E-state index >= 15 is 0 Å². The second kappa shape index (κ2) is 10.8. The molecule has 0 N–H and O–H groups in total. The van der Waals surface area contributed by atoms with Crippen LogP contribution in [0.3, 0.4) is 0 Å². The lowest BCUT2D eigenvalue weighted by Gasteiger charge is -2.14. The number of aryl methyl sites for hydroxylation is 1. The third kappa shape index (κ3) is 5.72. The van der Waals surface area contributed by atoms with Crippen LogP contribution in [0.5, 0.6) is 11.8 Å². The third-order valence-electron chi connectivity index (χ3n) is 4.18. The predicted molar refractivity (Wildman–Crippen MR) is 104 cm³/mol. The lowest BCUT2D eigenvalue weighted by molar-refractivity contribution is 0.274. The Kier molecular flexibility index (Phi) is 8.39. The Labute approximate surface area is 156 Å². The topological polar surface area (TPSA) is 31.4 Å². The van der Waals surface area contributed by atoms with Gasteiger partial charge in [0.1, 0.15) is 5.82 Å². The van der Waals surface area contributed by atoms with Crippen molar-refractivity contribution in [1.82, 2.24) is 4.98 Å². The molecule has 4 heteroatoms. The maximum Gasteiger partial charge on any atom is 0.224 e. The fourth-order valence-corrected chi connectivity index (χ4v) is 2.67. The molecular weight excluding hydrogens is 329 g/mol. The van der Waals surface area contributed by atoms with E-state index in [1.807, 2.05) is 18.2 Å². The number of nitrogens with zero attached hydrogens (tertiary/aromatic N) is 1. The number of hydrogen-bond donors (Lipinski definition) is 0. The van der Waals surface area contributed by atoms with Crippen LogP contribution in [0.1, 0.15) is 58.4 Å². The monoisotopic (exact) mass is 359 g/mol. The Morgan fingerprint density at radius 1 is 0.846 bits per heavy atom. The van der Waals surface area contributed by atoms with Crippen molar-refractivity contribution >= 4 is 0 Å². The zero-order valence-corrected chi connectivity index (χ0v) is 16.2. The zero-order valence-electron chi connectivity index (χ0n) is 16.2. The number of ether oxygens (including phenoxy) is 2. The number of pyridine rings is 1. The lowest BCUT2D eigenvalue weighted by Crippen LogP contribution is -2.04. The highest BCUT2D eigenvalue weighted by atomic mass is 19.1. The van der Waals surface area contributed by atoms with Crippen LogP contribution in [-0.2, 0) is 6.42 Å². The molecule has 142 valence electrons. The number of benzene rings is 1. The quantitative estimate of drug-likeness (QED) is 0.448. The first-order valence-corrected chi connectivity index (χ1v) is 9.75. The van der Waals surface area contributed by atoms with Crippen LogP contribution in [0.4, 0.5) is 4.39 Å². The average Bonchev–Trinajstić information content (AvgIpc) is 2.63. The van der Waals surface area contributed by atoms with Gasteiger partial charge >= 0.3 is 0 Å². The van der Waals surface area contributed by atoms with Crippen molar-refractivity contribution < 1.29 is 13.9 Å². The standard InChI is InChI=1S/C22H30FNO2/c1-4-7-14-25-21-13-12-19(22(24-21)26-15-8-5-2)18-11-10-17(9-6-3)16-20(18)23/h10-13,16H,4-9,14-15H2,1-3H3. The SMILES string of the molecule is CCCCOc1ccc(-c2ccc(CCC)cc2F)c(OCCCC)n1. The molecule has 0 radical (unpaired) electrons. The van der Waals surface area contributed by atoms with E-state index in [1.165, 1.54) is 0 Å². The van der Waals surface area contributed by atoms with Crippen LogP contribution in [-0.4, -0.2) is 18.2 Å². The van der Waals surface area contributed by atoms with Gasteiger partial charge in [-0.2, -0.15) is 4.98 Å². The van der Waals surface area contributed by atoms with Crippen molar-refractivity contribution in [3.63, 3.8) is 0 Å². The summed E-state index contributed by atoms with van der Waals surface area (Å²) >= 11 is 0. The minimum absolute atomic E-state index is 0.238. The maximum absolute atomic E-state index is 14.7. The first kappa shape index (κ1) is 20.2. The fraction of sp³-hybridized carbons (Fsp3) is 0.500. The van der Waals surface area contributed by atoms with Gasteiger partial charge in [-0.3, -0.25) is 0 Å². The van der Waals surface area contributed by atoms with E-state index in [9.17, 15) is 4.39 Å². The van der Waals surface area contributed by atoms with Crippen molar-refractivity contribution in [3.8, 4) is 22.9 Å². The molecular formula is C22H30FNO2. The van der Waals surface area contributed by atoms with Crippen LogP contribution in [0.15, 0.2) is 30.3 Å². The van der Waals surface area contributed by atoms with Gasteiger partial charge in [-0.15, -0.1) is 0 Å². The summed E-state index contributed by atoms with van der Waals surface area (Å²) in [6.45, 7) is 7.49. The number of unbranched alkanes of at least 4 members (excludes halogenated alkanes) is 2. The molecule has 0 unspecified atom stereocenters. The smallest absolute Gasteiger partial charge is 0.224 e. The van der Waals surface area contributed by atoms with Crippen LogP contribution < -0.4 is 9.47 Å². The molecule has 0 amide bonds. The molecule has 0 saturated heterocycles. The molecule has 2 rings (SSSR count). The molecule has 0 saturated carbocycles. The fourth-order valence-electron chi connectivity index (χ4n) is 2.67. The zero-order chi connectivity index (χ0) is 18.8. The Morgan fingerprint density at radius 3 is 2.19 bits per heavy atom. The highest BCUT2D eigenvalue weighted by molar-refractivity contribution is 5.70. The Hall–Kier alpha value is -2.10. The number of rotatable bonds is 11. The summed E-state index contributed by atoms with van der Waals surface area (Å²) in [6, 6.07) is 9.04. The summed E-state index contributed by atoms with van der Waals surface area (Å²) < 4.78 is 26.2. The van der Waals surface area contributed by atoms with Gasteiger partial charge < -0.3 is 9.47 Å². The Balaban J connectivity index is 2.29. The van der Waals surface area contributed by atoms with Gasteiger partial charge in [-0.25, -0.2) is 4.39 Å². The molecule has 0 atom stereocenters. The van der Waals surface area contributed by atoms with Gasteiger partial charge in [0.15, 0.2) is 0 Å². The van der Waals surface area contributed by atoms with Gasteiger partial charge in [0.05, 0.1) is 13.2 Å². The van der Waals surface area contributed by atoms with E-state index < -0.39 is 0 Å². The Bertz CT molecular complexity index is 688. The second-order valence-corrected chi connectivity index (χ2v) is 6.47. The van der Waals surface area contributed by atoms with E-state index in [0.29, 0.717) is 36.1 Å². The van der Waals surface area contributed by atoms with E-state index in [0.717, 1.165) is 44.1 Å². The van der Waals surface area contributed by atoms with Gasteiger partial charge in [0.25, 0.3) is 0 Å². The Morgan fingerprint density at radius 2 is 1.54 bits per heavy atom. The number of halogens is 1. The normalized spacial score (nSPS) is 10.8. The minimum atomic E-state index is -0.238. The lowest BCUT2D eigenvalue weighted by atomic mass is 10.0. The largest absolute Gasteiger partial charge is 0.478 e. The van der Waals surface area contributed by atoms with Crippen LogP contribution >= 0.6 is 0 Å². The molecule has 0 bridgehead atoms. The third-order valence-corrected chi connectivity index (χ3v) is 4.18. The number of aromatic nitrogens is 1. The van der Waals surface area contributed by atoms with Crippen molar-refractivity contribution in [2.75, 3.05) is 13.2 Å². The molecule has 26 heavy (non-hydrogen) atoms. The first-order chi connectivity index (χ1) is 12.7. The van der Waals surface area contributed by atoms with Crippen LogP contribution in [0.2, 0.25) is 0 Å². The van der Waals surface area contributed by atoms with Gasteiger partial charge in [-0.1, -0.05) is 52.2 Å². The van der Waals surface area contributed by atoms with Crippen molar-refractivity contribution in [2.45, 2.75) is 59.3 Å². The summed E-state index contributed by atoms with van der Waals surface area (Å²) in [5, 5.41) is 0. The van der Waals surface area contributed by atoms with Gasteiger partial charge in [0.2, 0.25) is 11.8 Å². The molecule has 2 aromatic rings. The summed E-state index contributed by atoms with van der Waals surface area (Å²) in [7, 11) is 0. The highest BCUT2D eigenvalue weighted by Gasteiger charge is 2.14. The predicted octanol–water partition coefficient (Wildman–Crippen LogP) is 6.20. The van der Waals surface area contributed by atoms with E-state index in [4.69, 9.17) is 9.47 Å². The van der Waals surface area contributed by atoms with E-state index in [-0.39, 0.29) is 5.82 Å². The molecule has 0 spiro atoms. The maximum atomic E-state index is 14.7. The van der Waals surface area contributed by atoms with E-state index in [1.54, 1.807) is 12.1 Å². The van der Waals surface area contributed by atoms with Crippen molar-refractivity contribution in [1.29, 1.82) is 0 Å².